The lowest BCUT2D eigenvalue weighted by Crippen LogP contribution is -2.62. The molecule has 1 saturated carbocycles. The maximum Gasteiger partial charge on any atom is 0.416 e. The van der Waals surface area contributed by atoms with E-state index in [1.54, 1.807) is 4.90 Å². The molecule has 3 heterocycles. The lowest BCUT2D eigenvalue weighted by Gasteiger charge is -2.42. The molecule has 7 nitrogen and oxygen atoms in total. The predicted octanol–water partition coefficient (Wildman–Crippen LogP) is 2.64. The summed E-state index contributed by atoms with van der Waals surface area (Å²) < 4.78 is 63.5. The summed E-state index contributed by atoms with van der Waals surface area (Å²) in [4.78, 5) is 28.2. The monoisotopic (exact) mass is 471 g/mol. The van der Waals surface area contributed by atoms with Crippen molar-refractivity contribution in [3.8, 4) is 5.75 Å². The molecule has 3 aliphatic heterocycles. The first-order chi connectivity index (χ1) is 15.7. The normalized spacial score (nSPS) is 31.8. The number of nitrogens with zero attached hydrogens (tertiary/aromatic N) is 2. The zero-order valence-corrected chi connectivity index (χ0v) is 17.8. The molecule has 1 N–H and O–H groups in total. The molecule has 1 aromatic rings. The van der Waals surface area contributed by atoms with E-state index in [0.717, 1.165) is 12.1 Å². The van der Waals surface area contributed by atoms with Crippen LogP contribution in [0.5, 0.6) is 5.75 Å². The zero-order chi connectivity index (χ0) is 23.3. The van der Waals surface area contributed by atoms with Crippen molar-refractivity contribution in [3.05, 3.63) is 29.6 Å². The Morgan fingerprint density at radius 3 is 2.52 bits per heavy atom. The number of ether oxygens (including phenoxy) is 2. The van der Waals surface area contributed by atoms with Gasteiger partial charge in [-0.25, -0.2) is 9.18 Å². The van der Waals surface area contributed by atoms with Crippen molar-refractivity contribution >= 4 is 11.9 Å². The Kier molecular flexibility index (Phi) is 5.62. The third-order valence-electron chi connectivity index (χ3n) is 7.13. The summed E-state index contributed by atoms with van der Waals surface area (Å²) in [5.74, 6) is -0.975. The van der Waals surface area contributed by atoms with E-state index in [4.69, 9.17) is 9.47 Å². The van der Waals surface area contributed by atoms with Gasteiger partial charge in [-0.15, -0.1) is 0 Å². The first kappa shape index (κ1) is 22.2. The summed E-state index contributed by atoms with van der Waals surface area (Å²) >= 11 is 0. The first-order valence-electron chi connectivity index (χ1n) is 11.2. The highest BCUT2D eigenvalue weighted by atomic mass is 19.4. The maximum atomic E-state index is 14.1. The molecule has 4 atom stereocenters. The van der Waals surface area contributed by atoms with Gasteiger partial charge in [0.1, 0.15) is 6.61 Å². The Labute approximate surface area is 188 Å². The van der Waals surface area contributed by atoms with Crippen molar-refractivity contribution in [2.75, 3.05) is 32.8 Å². The number of nitrogens with one attached hydrogen (secondary N) is 1. The summed E-state index contributed by atoms with van der Waals surface area (Å²) in [7, 11) is 0. The first-order valence-corrected chi connectivity index (χ1v) is 11.2. The van der Waals surface area contributed by atoms with Crippen LogP contribution >= 0.6 is 0 Å². The fourth-order valence-corrected chi connectivity index (χ4v) is 5.52. The average molecular weight is 471 g/mol. The summed E-state index contributed by atoms with van der Waals surface area (Å²) in [6, 6.07) is 2.04. The molecule has 11 heteroatoms. The molecule has 0 aromatic heterocycles. The highest BCUT2D eigenvalue weighted by Gasteiger charge is 2.45. The van der Waals surface area contributed by atoms with Gasteiger partial charge in [-0.05, 0) is 49.3 Å². The predicted molar refractivity (Wildman–Crippen MR) is 107 cm³/mol. The molecular weight excluding hydrogens is 446 g/mol. The number of rotatable bonds is 2. The van der Waals surface area contributed by atoms with Gasteiger partial charge < -0.3 is 24.6 Å². The smallest absolute Gasteiger partial charge is 0.416 e. The van der Waals surface area contributed by atoms with Crippen molar-refractivity contribution in [3.63, 3.8) is 0 Å². The molecule has 180 valence electrons. The third kappa shape index (κ3) is 4.47. The number of hydrogen-bond donors (Lipinski definition) is 1. The van der Waals surface area contributed by atoms with Crippen LogP contribution in [0.1, 0.15) is 24.8 Å². The largest absolute Gasteiger partial charge is 0.487 e. The minimum absolute atomic E-state index is 0.0597. The third-order valence-corrected chi connectivity index (χ3v) is 7.13. The van der Waals surface area contributed by atoms with E-state index < -0.39 is 17.6 Å². The number of benzene rings is 1. The Hall–Kier alpha value is -2.56. The van der Waals surface area contributed by atoms with Crippen LogP contribution in [0.2, 0.25) is 0 Å². The SMILES string of the molecule is O=C1CO[C@H]2CCN(C(=O)N3CC4CC(Oc5ccc(C(F)(F)F)cc5F)CC4C3)C[C@H]2N1. The lowest BCUT2D eigenvalue weighted by atomic mass is 10.0. The number of halogens is 4. The van der Waals surface area contributed by atoms with Crippen LogP contribution < -0.4 is 10.1 Å². The number of carbonyl (C=O) groups excluding carboxylic acids is 2. The second-order valence-corrected chi connectivity index (χ2v) is 9.32. The van der Waals surface area contributed by atoms with Crippen molar-refractivity contribution in [2.45, 2.75) is 43.7 Å². The number of fused-ring (bicyclic) bond motifs is 2. The van der Waals surface area contributed by atoms with Gasteiger partial charge in [0, 0.05) is 26.2 Å². The fraction of sp³-hybridized carbons (Fsp3) is 0.636. The number of urea groups is 1. The van der Waals surface area contributed by atoms with Crippen molar-refractivity contribution in [2.24, 2.45) is 11.8 Å². The van der Waals surface area contributed by atoms with Gasteiger partial charge in [-0.2, -0.15) is 13.2 Å². The summed E-state index contributed by atoms with van der Waals surface area (Å²) in [6.07, 6.45) is -3.06. The molecule has 4 fully saturated rings. The highest BCUT2D eigenvalue weighted by molar-refractivity contribution is 5.79. The van der Waals surface area contributed by atoms with E-state index in [2.05, 4.69) is 5.32 Å². The van der Waals surface area contributed by atoms with Crippen molar-refractivity contribution in [1.82, 2.24) is 15.1 Å². The second kappa shape index (κ2) is 8.34. The number of amides is 3. The van der Waals surface area contributed by atoms with Crippen LogP contribution in [0.25, 0.3) is 0 Å². The fourth-order valence-electron chi connectivity index (χ4n) is 5.52. The molecule has 4 aliphatic rings. The molecule has 1 aromatic carbocycles. The van der Waals surface area contributed by atoms with Gasteiger partial charge >= 0.3 is 12.2 Å². The van der Waals surface area contributed by atoms with Crippen molar-refractivity contribution in [1.29, 1.82) is 0 Å². The van der Waals surface area contributed by atoms with Gasteiger partial charge in [-0.1, -0.05) is 0 Å². The van der Waals surface area contributed by atoms with Crippen molar-refractivity contribution < 1.29 is 36.6 Å². The van der Waals surface area contributed by atoms with E-state index in [1.165, 1.54) is 0 Å². The summed E-state index contributed by atoms with van der Waals surface area (Å²) in [5.41, 5.74) is -1.05. The molecular formula is C22H25F4N3O4. The Morgan fingerprint density at radius 2 is 1.85 bits per heavy atom. The molecule has 3 amide bonds. The van der Waals surface area contributed by atoms with Gasteiger partial charge in [0.15, 0.2) is 11.6 Å². The molecule has 33 heavy (non-hydrogen) atoms. The van der Waals surface area contributed by atoms with Gasteiger partial charge in [0.2, 0.25) is 5.91 Å². The van der Waals surface area contributed by atoms with Gasteiger partial charge in [0.05, 0.1) is 23.8 Å². The van der Waals surface area contributed by atoms with Crippen LogP contribution in [-0.2, 0) is 15.7 Å². The molecule has 0 spiro atoms. The van der Waals surface area contributed by atoms with Crippen LogP contribution in [0, 0.1) is 17.7 Å². The summed E-state index contributed by atoms with van der Waals surface area (Å²) in [5, 5.41) is 2.89. The molecule has 3 saturated heterocycles. The second-order valence-electron chi connectivity index (χ2n) is 9.32. The van der Waals surface area contributed by atoms with E-state index in [-0.39, 0.29) is 54.4 Å². The maximum absolute atomic E-state index is 14.1. The van der Waals surface area contributed by atoms with E-state index >= 15 is 0 Å². The molecule has 1 aliphatic carbocycles. The number of alkyl halides is 3. The average Bonchev–Trinajstić information content (AvgIpc) is 3.32. The Balaban J connectivity index is 1.14. The Bertz CT molecular complexity index is 929. The standard InChI is InChI=1S/C22H25F4N3O4/c23-16-7-14(22(24,25)26)1-2-18(16)33-15-5-12-8-29(9-13(12)6-15)21(31)28-4-3-19-17(10-28)27-20(30)11-32-19/h1-2,7,12-13,15,17,19H,3-6,8-11H2,(H,27,30)/t12?,13?,15?,17-,19+/m1/s1. The molecule has 0 bridgehead atoms. The number of likely N-dealkylation sites (tertiary alicyclic amines) is 2. The van der Waals surface area contributed by atoms with Crippen LogP contribution in [0.3, 0.4) is 0 Å². The molecule has 5 rings (SSSR count). The number of piperidine rings is 1. The minimum atomic E-state index is -4.61. The van der Waals surface area contributed by atoms with Crippen LogP contribution in [-0.4, -0.2) is 72.8 Å². The van der Waals surface area contributed by atoms with E-state index in [1.807, 2.05) is 4.90 Å². The van der Waals surface area contributed by atoms with Crippen LogP contribution in [0.15, 0.2) is 18.2 Å². The quantitative estimate of drug-likeness (QED) is 0.674. The lowest BCUT2D eigenvalue weighted by molar-refractivity contribution is -0.139. The number of hydrogen-bond acceptors (Lipinski definition) is 4. The minimum Gasteiger partial charge on any atom is -0.487 e. The number of carbonyl (C=O) groups is 2. The topological polar surface area (TPSA) is 71.1 Å². The van der Waals surface area contributed by atoms with E-state index in [0.29, 0.717) is 51.5 Å². The molecule has 2 unspecified atom stereocenters. The zero-order valence-electron chi connectivity index (χ0n) is 17.8. The van der Waals surface area contributed by atoms with E-state index in [9.17, 15) is 27.2 Å². The molecule has 0 radical (unpaired) electrons. The van der Waals surface area contributed by atoms with Gasteiger partial charge in [-0.3, -0.25) is 4.79 Å². The van der Waals surface area contributed by atoms with Crippen LogP contribution in [0.4, 0.5) is 22.4 Å². The number of morpholine rings is 1. The summed E-state index contributed by atoms with van der Waals surface area (Å²) in [6.45, 7) is 2.17. The Morgan fingerprint density at radius 1 is 1.12 bits per heavy atom. The van der Waals surface area contributed by atoms with Gasteiger partial charge in [0.25, 0.3) is 0 Å². The highest BCUT2D eigenvalue weighted by Crippen LogP contribution is 2.41.